The van der Waals surface area contributed by atoms with E-state index in [0.717, 1.165) is 12.3 Å². The molecule has 1 fully saturated rings. The fourth-order valence-corrected chi connectivity index (χ4v) is 2.95. The Morgan fingerprint density at radius 3 is 2.88 bits per heavy atom. The molecular weight excluding hydrogens is 208 g/mol. The van der Waals surface area contributed by atoms with E-state index < -0.39 is 0 Å². The molecule has 0 unspecified atom stereocenters. The SMILES string of the molecule is C1=C2O[C@@H](CCc3ccccc3)[C@H]2CCCC1. The molecule has 1 saturated heterocycles. The van der Waals surface area contributed by atoms with Crippen LogP contribution in [0.25, 0.3) is 0 Å². The predicted molar refractivity (Wildman–Crippen MR) is 69.7 cm³/mol. The molecule has 1 aromatic rings. The predicted octanol–water partition coefficient (Wildman–Crippen LogP) is 4.09. The van der Waals surface area contributed by atoms with Gasteiger partial charge in [0, 0.05) is 0 Å². The summed E-state index contributed by atoms with van der Waals surface area (Å²) in [4.78, 5) is 0. The highest BCUT2D eigenvalue weighted by Gasteiger charge is 2.37. The van der Waals surface area contributed by atoms with Crippen LogP contribution in [0.4, 0.5) is 0 Å². The van der Waals surface area contributed by atoms with Gasteiger partial charge in [-0.15, -0.1) is 0 Å². The van der Waals surface area contributed by atoms with E-state index >= 15 is 0 Å². The lowest BCUT2D eigenvalue weighted by atomic mass is 9.86. The topological polar surface area (TPSA) is 9.23 Å². The molecule has 0 bridgehead atoms. The summed E-state index contributed by atoms with van der Waals surface area (Å²) in [7, 11) is 0. The number of ether oxygens (including phenoxy) is 1. The summed E-state index contributed by atoms with van der Waals surface area (Å²) in [5.74, 6) is 2.03. The van der Waals surface area contributed by atoms with Crippen LogP contribution in [-0.2, 0) is 11.2 Å². The third kappa shape index (κ3) is 2.38. The number of rotatable bonds is 3. The molecule has 1 heteroatoms. The van der Waals surface area contributed by atoms with Gasteiger partial charge in [-0.2, -0.15) is 0 Å². The van der Waals surface area contributed by atoms with Crippen molar-refractivity contribution in [3.8, 4) is 0 Å². The largest absolute Gasteiger partial charge is 0.494 e. The van der Waals surface area contributed by atoms with Crippen LogP contribution in [0.1, 0.15) is 37.7 Å². The Hall–Kier alpha value is -1.24. The first-order chi connectivity index (χ1) is 8.43. The van der Waals surface area contributed by atoms with E-state index in [2.05, 4.69) is 36.4 Å². The first-order valence-corrected chi connectivity index (χ1v) is 6.84. The molecule has 2 atom stereocenters. The van der Waals surface area contributed by atoms with Crippen LogP contribution < -0.4 is 0 Å². The van der Waals surface area contributed by atoms with Gasteiger partial charge >= 0.3 is 0 Å². The second kappa shape index (κ2) is 4.95. The third-order valence-corrected chi connectivity index (χ3v) is 3.98. The van der Waals surface area contributed by atoms with Gasteiger partial charge in [-0.25, -0.2) is 0 Å². The molecule has 0 aromatic heterocycles. The number of hydrogen-bond acceptors (Lipinski definition) is 1. The van der Waals surface area contributed by atoms with Crippen molar-refractivity contribution in [1.82, 2.24) is 0 Å². The second-order valence-corrected chi connectivity index (χ2v) is 5.18. The lowest BCUT2D eigenvalue weighted by Crippen LogP contribution is -2.37. The summed E-state index contributed by atoms with van der Waals surface area (Å²) in [6.07, 6.45) is 10.4. The normalized spacial score (nSPS) is 27.2. The molecule has 0 N–H and O–H groups in total. The summed E-state index contributed by atoms with van der Waals surface area (Å²) < 4.78 is 5.91. The number of benzene rings is 1. The molecule has 0 saturated carbocycles. The minimum absolute atomic E-state index is 0.486. The fourth-order valence-electron chi connectivity index (χ4n) is 2.95. The summed E-state index contributed by atoms with van der Waals surface area (Å²) in [6, 6.07) is 10.7. The molecule has 1 heterocycles. The minimum Gasteiger partial charge on any atom is -0.494 e. The van der Waals surface area contributed by atoms with Gasteiger partial charge in [-0.1, -0.05) is 36.8 Å². The van der Waals surface area contributed by atoms with E-state index in [0.29, 0.717) is 6.10 Å². The molecule has 90 valence electrons. The summed E-state index contributed by atoms with van der Waals surface area (Å²) in [5.41, 5.74) is 1.43. The van der Waals surface area contributed by atoms with E-state index in [4.69, 9.17) is 4.74 Å². The Kier molecular flexibility index (Phi) is 3.17. The first-order valence-electron chi connectivity index (χ1n) is 6.84. The average molecular weight is 228 g/mol. The third-order valence-electron chi connectivity index (χ3n) is 3.98. The van der Waals surface area contributed by atoms with E-state index in [1.165, 1.54) is 43.4 Å². The molecule has 1 aromatic carbocycles. The van der Waals surface area contributed by atoms with Crippen molar-refractivity contribution >= 4 is 0 Å². The molecule has 2 aliphatic rings. The van der Waals surface area contributed by atoms with Gasteiger partial charge < -0.3 is 4.74 Å². The van der Waals surface area contributed by atoms with E-state index in [9.17, 15) is 0 Å². The molecule has 1 nitrogen and oxygen atoms in total. The van der Waals surface area contributed by atoms with Gasteiger partial charge in [0.05, 0.1) is 11.7 Å². The molecule has 17 heavy (non-hydrogen) atoms. The van der Waals surface area contributed by atoms with Crippen molar-refractivity contribution in [3.05, 3.63) is 47.7 Å². The molecule has 3 rings (SSSR count). The van der Waals surface area contributed by atoms with Crippen molar-refractivity contribution in [2.24, 2.45) is 5.92 Å². The number of aryl methyl sites for hydroxylation is 1. The van der Waals surface area contributed by atoms with Gasteiger partial charge in [-0.05, 0) is 43.7 Å². The van der Waals surface area contributed by atoms with Crippen LogP contribution in [0.15, 0.2) is 42.2 Å². The zero-order chi connectivity index (χ0) is 11.5. The Morgan fingerprint density at radius 2 is 2.00 bits per heavy atom. The molecule has 0 radical (unpaired) electrons. The Balaban J connectivity index is 1.54. The zero-order valence-electron chi connectivity index (χ0n) is 10.3. The highest BCUT2D eigenvalue weighted by Crippen LogP contribution is 2.40. The van der Waals surface area contributed by atoms with Crippen molar-refractivity contribution in [2.45, 2.75) is 44.6 Å². The summed E-state index contributed by atoms with van der Waals surface area (Å²) in [6.45, 7) is 0. The molecular formula is C16H20O. The van der Waals surface area contributed by atoms with E-state index in [1.54, 1.807) is 0 Å². The van der Waals surface area contributed by atoms with Crippen LogP contribution in [0, 0.1) is 5.92 Å². The molecule has 1 aliphatic heterocycles. The zero-order valence-corrected chi connectivity index (χ0v) is 10.3. The van der Waals surface area contributed by atoms with Crippen molar-refractivity contribution < 1.29 is 4.74 Å². The summed E-state index contributed by atoms with van der Waals surface area (Å²) >= 11 is 0. The van der Waals surface area contributed by atoms with Crippen molar-refractivity contribution in [1.29, 1.82) is 0 Å². The van der Waals surface area contributed by atoms with Gasteiger partial charge in [-0.3, -0.25) is 0 Å². The van der Waals surface area contributed by atoms with Crippen LogP contribution in [-0.4, -0.2) is 6.10 Å². The first kappa shape index (κ1) is 10.9. The van der Waals surface area contributed by atoms with E-state index in [-0.39, 0.29) is 0 Å². The highest BCUT2D eigenvalue weighted by atomic mass is 16.5. The minimum atomic E-state index is 0.486. The van der Waals surface area contributed by atoms with Crippen LogP contribution >= 0.6 is 0 Å². The van der Waals surface area contributed by atoms with Gasteiger partial charge in [0.2, 0.25) is 0 Å². The molecule has 0 amide bonds. The maximum Gasteiger partial charge on any atom is 0.108 e. The Bertz CT molecular complexity index is 393. The van der Waals surface area contributed by atoms with Crippen molar-refractivity contribution in [2.75, 3.05) is 0 Å². The van der Waals surface area contributed by atoms with Crippen LogP contribution in [0.5, 0.6) is 0 Å². The Labute approximate surface area is 103 Å². The van der Waals surface area contributed by atoms with Crippen molar-refractivity contribution in [3.63, 3.8) is 0 Å². The maximum absolute atomic E-state index is 5.91. The van der Waals surface area contributed by atoms with Crippen LogP contribution in [0.3, 0.4) is 0 Å². The van der Waals surface area contributed by atoms with Gasteiger partial charge in [0.15, 0.2) is 0 Å². The standard InChI is InChI=1S/C16H20O/c1-3-7-13(8-4-1)11-12-16-14-9-5-2-6-10-15(14)17-16/h1,3-4,7-8,10,14,16H,2,5-6,9,11-12H2/t14-,16-/m0/s1. The second-order valence-electron chi connectivity index (χ2n) is 5.18. The quantitative estimate of drug-likeness (QED) is 0.757. The monoisotopic (exact) mass is 228 g/mol. The number of allylic oxidation sites excluding steroid dienone is 1. The average Bonchev–Trinajstić information content (AvgIpc) is 2.53. The highest BCUT2D eigenvalue weighted by molar-refractivity contribution is 5.16. The molecule has 1 aliphatic carbocycles. The molecule has 0 spiro atoms. The number of hydrogen-bond donors (Lipinski definition) is 0. The number of fused-ring (bicyclic) bond motifs is 1. The van der Waals surface area contributed by atoms with Gasteiger partial charge in [0.1, 0.15) is 6.10 Å². The maximum atomic E-state index is 5.91. The summed E-state index contributed by atoms with van der Waals surface area (Å²) in [5, 5.41) is 0. The fraction of sp³-hybridized carbons (Fsp3) is 0.500. The smallest absolute Gasteiger partial charge is 0.108 e. The lowest BCUT2D eigenvalue weighted by molar-refractivity contribution is -0.0506. The van der Waals surface area contributed by atoms with Gasteiger partial charge in [0.25, 0.3) is 0 Å². The van der Waals surface area contributed by atoms with Crippen LogP contribution in [0.2, 0.25) is 0 Å². The van der Waals surface area contributed by atoms with E-state index in [1.807, 2.05) is 0 Å². The lowest BCUT2D eigenvalue weighted by Gasteiger charge is -2.40. The Morgan fingerprint density at radius 1 is 1.12 bits per heavy atom.